The minimum Gasteiger partial charge on any atom is -0.652 e. The van der Waals surface area contributed by atoms with Crippen LogP contribution < -0.4 is 21.7 Å². The molecule has 0 aromatic heterocycles. The first-order valence-corrected chi connectivity index (χ1v) is 1.89. The van der Waals surface area contributed by atoms with Crippen LogP contribution in [0.1, 0.15) is 0 Å². The molecule has 0 saturated carbocycles. The van der Waals surface area contributed by atoms with E-state index in [-0.39, 0.29) is 37.7 Å². The first kappa shape index (κ1) is 22.4. The molecule has 0 aromatic carbocycles. The molecule has 0 fully saturated rings. The van der Waals surface area contributed by atoms with Crippen LogP contribution >= 0.6 is 0 Å². The van der Waals surface area contributed by atoms with E-state index >= 15 is 0 Å². The van der Waals surface area contributed by atoms with Gasteiger partial charge in [-0.1, -0.05) is 0 Å². The molecule has 0 aliphatic rings. The molecule has 0 unspecified atom stereocenters. The molecule has 0 heterocycles. The maximum absolute atomic E-state index is 9.00. The Kier molecular flexibility index (Phi) is 46.2. The van der Waals surface area contributed by atoms with Crippen LogP contribution in [0.15, 0.2) is 13.2 Å². The van der Waals surface area contributed by atoms with Gasteiger partial charge in [-0.05, 0) is 6.16 Å². The number of primary amides is 2. The van der Waals surface area contributed by atoms with Gasteiger partial charge in [0.15, 0.2) is 0 Å². The van der Waals surface area contributed by atoms with Crippen LogP contribution in [-0.4, -0.2) is 49.9 Å². The fourth-order valence-corrected chi connectivity index (χ4v) is 0. The van der Waals surface area contributed by atoms with E-state index in [1.807, 2.05) is 0 Å². The molecule has 0 radical (unpaired) electrons. The van der Waals surface area contributed by atoms with Gasteiger partial charge in [-0.3, -0.25) is 0 Å². The molecular formula is C4H8CaN2O4. The van der Waals surface area contributed by atoms with Crippen molar-refractivity contribution in [3.8, 4) is 0 Å². The minimum absolute atomic E-state index is 0. The van der Waals surface area contributed by atoms with Gasteiger partial charge in [0.05, 0.1) is 0 Å². The second-order valence-electron chi connectivity index (χ2n) is 0.652. The Bertz CT molecular complexity index is 88.3. The molecule has 7 heteroatoms. The molecule has 0 aliphatic carbocycles. The number of carbonyl (C=O) groups excluding carboxylic acids is 2. The first-order chi connectivity index (χ1) is 4.46. The van der Waals surface area contributed by atoms with Gasteiger partial charge in [0.1, 0.15) is 0 Å². The van der Waals surface area contributed by atoms with Crippen molar-refractivity contribution < 1.29 is 19.8 Å². The molecule has 4 N–H and O–H groups in total. The second kappa shape index (κ2) is 22.7. The van der Waals surface area contributed by atoms with E-state index in [9.17, 15) is 0 Å². The molecular weight excluding hydrogens is 180 g/mol. The predicted octanol–water partition coefficient (Wildman–Crippen LogP) is -3.00. The average Bonchev–Trinajstić information content (AvgIpc) is 1.66. The number of nitrogens with two attached hydrogens (primary N) is 2. The van der Waals surface area contributed by atoms with Crippen molar-refractivity contribution in [2.24, 2.45) is 11.5 Å². The molecule has 11 heavy (non-hydrogen) atoms. The van der Waals surface area contributed by atoms with Gasteiger partial charge in [-0.25, -0.2) is 4.79 Å². The summed E-state index contributed by atoms with van der Waals surface area (Å²) in [5, 5.41) is 16.7. The Balaban J connectivity index is -0.0000000339. The van der Waals surface area contributed by atoms with Crippen molar-refractivity contribution in [2.75, 3.05) is 0 Å². The number of hydrogen-bond acceptors (Lipinski definition) is 4. The van der Waals surface area contributed by atoms with Crippen molar-refractivity contribution in [3.05, 3.63) is 13.2 Å². The zero-order valence-corrected chi connectivity index (χ0v) is 8.12. The molecule has 0 spiro atoms. The topological polar surface area (TPSA) is 132 Å². The Morgan fingerprint density at radius 1 is 1.09 bits per heavy atom. The average molecular weight is 188 g/mol. The van der Waals surface area contributed by atoms with Crippen molar-refractivity contribution in [1.82, 2.24) is 0 Å². The molecule has 0 saturated heterocycles. The van der Waals surface area contributed by atoms with Crippen LogP contribution in [-0.2, 0) is 0 Å². The quantitative estimate of drug-likeness (QED) is 0.309. The van der Waals surface area contributed by atoms with E-state index in [0.717, 1.165) is 0 Å². The number of rotatable bonds is 0. The van der Waals surface area contributed by atoms with Crippen LogP contribution in [0.25, 0.3) is 0 Å². The van der Waals surface area contributed by atoms with Crippen LogP contribution in [0.4, 0.5) is 9.59 Å². The van der Waals surface area contributed by atoms with Gasteiger partial charge < -0.3 is 26.5 Å². The predicted molar refractivity (Wildman–Crippen MR) is 36.2 cm³/mol. The van der Waals surface area contributed by atoms with E-state index in [4.69, 9.17) is 19.8 Å². The van der Waals surface area contributed by atoms with Crippen LogP contribution in [0.5, 0.6) is 0 Å². The molecule has 0 aliphatic heterocycles. The van der Waals surface area contributed by atoms with Gasteiger partial charge in [-0.2, -0.15) is 0 Å². The van der Waals surface area contributed by atoms with E-state index in [1.54, 1.807) is 0 Å². The fourth-order valence-electron chi connectivity index (χ4n) is 0. The van der Waals surface area contributed by atoms with Gasteiger partial charge in [0, 0.05) is 0 Å². The number of urea groups is 1. The number of carboxylic acid groups (broad SMARTS) is 2. The van der Waals surface area contributed by atoms with Gasteiger partial charge >= 0.3 is 43.8 Å². The molecule has 0 rings (SSSR count). The normalized spacial score (nSPS) is 4.73. The Hall–Kier alpha value is -0.460. The fraction of sp³-hybridized carbons (Fsp3) is 0. The maximum atomic E-state index is 9.00. The minimum atomic E-state index is -2.33. The van der Waals surface area contributed by atoms with E-state index in [2.05, 4.69) is 24.6 Å². The first-order valence-electron chi connectivity index (χ1n) is 1.89. The van der Waals surface area contributed by atoms with E-state index < -0.39 is 12.2 Å². The number of hydrogen-bond donors (Lipinski definition) is 2. The van der Waals surface area contributed by atoms with E-state index in [0.29, 0.717) is 0 Å². The SMILES string of the molecule is C=C.NC(N)=O.O=C([O-])[O-].[Ca+2]. The van der Waals surface area contributed by atoms with Crippen molar-refractivity contribution in [2.45, 2.75) is 0 Å². The Morgan fingerprint density at radius 2 is 1.09 bits per heavy atom. The third-order valence-electron chi connectivity index (χ3n) is 0. The summed E-state index contributed by atoms with van der Waals surface area (Å²) in [4.78, 5) is 17.3. The maximum Gasteiger partial charge on any atom is 2.00 e. The van der Waals surface area contributed by atoms with Crippen LogP contribution in [0.3, 0.4) is 0 Å². The van der Waals surface area contributed by atoms with Crippen LogP contribution in [0.2, 0.25) is 0 Å². The molecule has 2 amide bonds. The van der Waals surface area contributed by atoms with Crippen molar-refractivity contribution in [3.63, 3.8) is 0 Å². The summed E-state index contributed by atoms with van der Waals surface area (Å²) in [7, 11) is 0. The van der Waals surface area contributed by atoms with Crippen molar-refractivity contribution in [1.29, 1.82) is 0 Å². The summed E-state index contributed by atoms with van der Waals surface area (Å²) in [5.74, 6) is 0. The molecule has 6 nitrogen and oxygen atoms in total. The summed E-state index contributed by atoms with van der Waals surface area (Å²) in [5.41, 5.74) is 8.50. The summed E-state index contributed by atoms with van der Waals surface area (Å²) in [6.45, 7) is 6.00. The third kappa shape index (κ3) is 2560. The van der Waals surface area contributed by atoms with Gasteiger partial charge in [0.25, 0.3) is 0 Å². The number of amides is 2. The van der Waals surface area contributed by atoms with E-state index in [1.165, 1.54) is 0 Å². The van der Waals surface area contributed by atoms with Gasteiger partial charge in [-0.15, -0.1) is 13.2 Å². The molecule has 60 valence electrons. The summed E-state index contributed by atoms with van der Waals surface area (Å²) in [6, 6.07) is -0.833. The van der Waals surface area contributed by atoms with Gasteiger partial charge in [0.2, 0.25) is 0 Å². The third-order valence-corrected chi connectivity index (χ3v) is 0. The van der Waals surface area contributed by atoms with Crippen molar-refractivity contribution >= 4 is 49.9 Å². The molecule has 0 bridgehead atoms. The summed E-state index contributed by atoms with van der Waals surface area (Å²) < 4.78 is 0. The Morgan fingerprint density at radius 3 is 1.09 bits per heavy atom. The zero-order chi connectivity index (χ0) is 9.15. The Labute approximate surface area is 93.9 Å². The number of carbonyl (C=O) groups is 2. The summed E-state index contributed by atoms with van der Waals surface area (Å²) >= 11 is 0. The monoisotopic (exact) mass is 188 g/mol. The summed E-state index contributed by atoms with van der Waals surface area (Å²) in [6.07, 6.45) is -2.33. The standard InChI is InChI=1S/C2H4.CH4N2O.CH2O3.Ca/c1-2;2*2-1(3)4;/h1-2H2;(H4,2,3,4);(H2,2,3,4);/q;;;+2/p-2. The molecule has 0 aromatic rings. The molecule has 0 atom stereocenters. The zero-order valence-electron chi connectivity index (χ0n) is 5.91. The van der Waals surface area contributed by atoms with Crippen LogP contribution in [0, 0.1) is 0 Å². The largest absolute Gasteiger partial charge is 2.00 e. The smallest absolute Gasteiger partial charge is 0.652 e. The second-order valence-corrected chi connectivity index (χ2v) is 0.652.